The standard InChI is InChI=1S/C12H18N2O3S2/c1-2-7-18-8-9-19(16,17)11-5-3-10(4-6-11)12(13)14-15/h3-6,15H,2,7-9H2,1H3,(H2,13,14). The SMILES string of the molecule is CCCSCCS(=O)(=O)c1ccc(/C(N)=N/O)cc1. The Morgan fingerprint density at radius 1 is 1.32 bits per heavy atom. The first kappa shape index (κ1) is 15.8. The molecule has 0 fully saturated rings. The first-order valence-corrected chi connectivity index (χ1v) is 8.70. The normalized spacial score (nSPS) is 12.6. The fraction of sp³-hybridized carbons (Fsp3) is 0.417. The van der Waals surface area contributed by atoms with E-state index in [-0.39, 0.29) is 16.5 Å². The van der Waals surface area contributed by atoms with Crippen molar-refractivity contribution in [2.45, 2.75) is 18.2 Å². The largest absolute Gasteiger partial charge is 0.409 e. The van der Waals surface area contributed by atoms with Gasteiger partial charge in [-0.15, -0.1) is 0 Å². The van der Waals surface area contributed by atoms with Crippen LogP contribution in [-0.2, 0) is 9.84 Å². The van der Waals surface area contributed by atoms with Gasteiger partial charge in [-0.3, -0.25) is 0 Å². The summed E-state index contributed by atoms with van der Waals surface area (Å²) in [5.41, 5.74) is 5.90. The van der Waals surface area contributed by atoms with Crippen LogP contribution in [0.15, 0.2) is 34.3 Å². The Hall–Kier alpha value is -1.21. The number of rotatable bonds is 7. The van der Waals surface area contributed by atoms with Crippen molar-refractivity contribution >= 4 is 27.4 Å². The molecule has 1 rings (SSSR count). The predicted molar refractivity (Wildman–Crippen MR) is 78.6 cm³/mol. The van der Waals surface area contributed by atoms with E-state index in [1.54, 1.807) is 11.8 Å². The first-order chi connectivity index (χ1) is 9.01. The van der Waals surface area contributed by atoms with Crippen LogP contribution < -0.4 is 5.73 Å². The highest BCUT2D eigenvalue weighted by Gasteiger charge is 2.14. The number of amidine groups is 1. The molecule has 0 aliphatic rings. The van der Waals surface area contributed by atoms with Crippen molar-refractivity contribution in [3.63, 3.8) is 0 Å². The Morgan fingerprint density at radius 3 is 2.47 bits per heavy atom. The van der Waals surface area contributed by atoms with E-state index in [4.69, 9.17) is 10.9 Å². The van der Waals surface area contributed by atoms with E-state index in [1.807, 2.05) is 0 Å². The highest BCUT2D eigenvalue weighted by Crippen LogP contribution is 2.14. The molecule has 0 atom stereocenters. The zero-order chi connectivity index (χ0) is 14.3. The van der Waals surface area contributed by atoms with Gasteiger partial charge in [-0.1, -0.05) is 12.1 Å². The molecular weight excluding hydrogens is 284 g/mol. The molecule has 1 aromatic rings. The van der Waals surface area contributed by atoms with Gasteiger partial charge in [0.1, 0.15) is 0 Å². The molecule has 5 nitrogen and oxygen atoms in total. The number of benzene rings is 1. The second-order valence-electron chi connectivity index (χ2n) is 3.94. The number of hydrogen-bond donors (Lipinski definition) is 2. The molecule has 19 heavy (non-hydrogen) atoms. The molecule has 0 saturated carbocycles. The van der Waals surface area contributed by atoms with Gasteiger partial charge in [-0.2, -0.15) is 11.8 Å². The number of thioether (sulfide) groups is 1. The molecular formula is C12H18N2O3S2. The van der Waals surface area contributed by atoms with Crippen molar-refractivity contribution < 1.29 is 13.6 Å². The Morgan fingerprint density at radius 2 is 1.95 bits per heavy atom. The third kappa shape index (κ3) is 4.76. The summed E-state index contributed by atoms with van der Waals surface area (Å²) >= 11 is 1.64. The van der Waals surface area contributed by atoms with Gasteiger partial charge in [0.05, 0.1) is 10.6 Å². The maximum atomic E-state index is 12.0. The zero-order valence-electron chi connectivity index (χ0n) is 10.7. The first-order valence-electron chi connectivity index (χ1n) is 5.89. The third-order valence-electron chi connectivity index (χ3n) is 2.46. The lowest BCUT2D eigenvalue weighted by atomic mass is 10.2. The molecule has 0 saturated heterocycles. The molecule has 0 spiro atoms. The van der Waals surface area contributed by atoms with Crippen LogP contribution in [0, 0.1) is 0 Å². The molecule has 0 aliphatic heterocycles. The molecule has 0 unspecified atom stereocenters. The summed E-state index contributed by atoms with van der Waals surface area (Å²) in [6.07, 6.45) is 1.04. The maximum absolute atomic E-state index is 12.0. The summed E-state index contributed by atoms with van der Waals surface area (Å²) in [5.74, 6) is 1.65. The van der Waals surface area contributed by atoms with Crippen LogP contribution in [0.25, 0.3) is 0 Å². The van der Waals surface area contributed by atoms with E-state index >= 15 is 0 Å². The summed E-state index contributed by atoms with van der Waals surface area (Å²) in [6, 6.07) is 6.02. The van der Waals surface area contributed by atoms with Gasteiger partial charge in [0.2, 0.25) is 0 Å². The third-order valence-corrected chi connectivity index (χ3v) is 5.64. The molecule has 0 aliphatic carbocycles. The average Bonchev–Trinajstić information content (AvgIpc) is 2.43. The van der Waals surface area contributed by atoms with Crippen LogP contribution >= 0.6 is 11.8 Å². The van der Waals surface area contributed by atoms with E-state index in [1.165, 1.54) is 24.3 Å². The van der Waals surface area contributed by atoms with E-state index < -0.39 is 9.84 Å². The van der Waals surface area contributed by atoms with Crippen molar-refractivity contribution in [1.82, 2.24) is 0 Å². The van der Waals surface area contributed by atoms with E-state index in [0.29, 0.717) is 11.3 Å². The van der Waals surface area contributed by atoms with Crippen LogP contribution in [0.2, 0.25) is 0 Å². The van der Waals surface area contributed by atoms with Crippen LogP contribution in [-0.4, -0.2) is 36.7 Å². The van der Waals surface area contributed by atoms with Crippen molar-refractivity contribution in [3.05, 3.63) is 29.8 Å². The maximum Gasteiger partial charge on any atom is 0.179 e. The molecule has 0 radical (unpaired) electrons. The summed E-state index contributed by atoms with van der Waals surface area (Å²) in [4.78, 5) is 0.263. The fourth-order valence-electron chi connectivity index (χ4n) is 1.42. The van der Waals surface area contributed by atoms with Crippen LogP contribution in [0.3, 0.4) is 0 Å². The molecule has 0 amide bonds. The Kier molecular flexibility index (Phi) is 6.17. The van der Waals surface area contributed by atoms with Gasteiger partial charge in [0, 0.05) is 11.3 Å². The summed E-state index contributed by atoms with van der Waals surface area (Å²) in [5, 5.41) is 11.4. The Bertz CT molecular complexity index is 524. The van der Waals surface area contributed by atoms with Crippen molar-refractivity contribution in [2.24, 2.45) is 10.9 Å². The van der Waals surface area contributed by atoms with Gasteiger partial charge in [-0.05, 0) is 36.4 Å². The predicted octanol–water partition coefficient (Wildman–Crippen LogP) is 1.70. The number of hydrogen-bond acceptors (Lipinski definition) is 5. The van der Waals surface area contributed by atoms with Gasteiger partial charge in [0.25, 0.3) is 0 Å². The second-order valence-corrected chi connectivity index (χ2v) is 7.27. The summed E-state index contributed by atoms with van der Waals surface area (Å²) in [6.45, 7) is 2.06. The lowest BCUT2D eigenvalue weighted by Gasteiger charge is -2.05. The Labute approximate surface area is 117 Å². The number of oxime groups is 1. The van der Waals surface area contributed by atoms with Gasteiger partial charge in [0.15, 0.2) is 15.7 Å². The summed E-state index contributed by atoms with van der Waals surface area (Å²) in [7, 11) is -3.25. The average molecular weight is 302 g/mol. The van der Waals surface area contributed by atoms with Crippen LogP contribution in [0.1, 0.15) is 18.9 Å². The van der Waals surface area contributed by atoms with E-state index in [9.17, 15) is 8.42 Å². The summed E-state index contributed by atoms with van der Waals surface area (Å²) < 4.78 is 24.0. The minimum absolute atomic E-state index is 0.0394. The van der Waals surface area contributed by atoms with Crippen LogP contribution in [0.5, 0.6) is 0 Å². The Balaban J connectivity index is 2.74. The van der Waals surface area contributed by atoms with E-state index in [0.717, 1.165) is 12.2 Å². The molecule has 7 heteroatoms. The minimum Gasteiger partial charge on any atom is -0.409 e. The quantitative estimate of drug-likeness (QED) is 0.263. The van der Waals surface area contributed by atoms with Crippen molar-refractivity contribution in [1.29, 1.82) is 0 Å². The van der Waals surface area contributed by atoms with Gasteiger partial charge in [-0.25, -0.2) is 8.42 Å². The molecule has 0 aromatic heterocycles. The lowest BCUT2D eigenvalue weighted by Crippen LogP contribution is -2.14. The monoisotopic (exact) mass is 302 g/mol. The lowest BCUT2D eigenvalue weighted by molar-refractivity contribution is 0.318. The zero-order valence-corrected chi connectivity index (χ0v) is 12.4. The van der Waals surface area contributed by atoms with Crippen molar-refractivity contribution in [3.8, 4) is 0 Å². The highest BCUT2D eigenvalue weighted by molar-refractivity contribution is 8.00. The molecule has 0 heterocycles. The number of nitrogens with zero attached hydrogens (tertiary/aromatic N) is 1. The second kappa shape index (κ2) is 7.40. The minimum atomic E-state index is -3.25. The van der Waals surface area contributed by atoms with Gasteiger partial charge < -0.3 is 10.9 Å². The number of nitrogens with two attached hydrogens (primary N) is 1. The van der Waals surface area contributed by atoms with Crippen molar-refractivity contribution in [2.75, 3.05) is 17.3 Å². The van der Waals surface area contributed by atoms with Crippen LogP contribution in [0.4, 0.5) is 0 Å². The molecule has 3 N–H and O–H groups in total. The molecule has 0 bridgehead atoms. The smallest absolute Gasteiger partial charge is 0.179 e. The topological polar surface area (TPSA) is 92.8 Å². The van der Waals surface area contributed by atoms with Gasteiger partial charge >= 0.3 is 0 Å². The highest BCUT2D eigenvalue weighted by atomic mass is 32.2. The van der Waals surface area contributed by atoms with E-state index in [2.05, 4.69) is 12.1 Å². The fourth-order valence-corrected chi connectivity index (χ4v) is 4.05. The molecule has 106 valence electrons. The molecule has 1 aromatic carbocycles. The number of sulfone groups is 1.